The summed E-state index contributed by atoms with van der Waals surface area (Å²) < 4.78 is 13.0. The Kier molecular flexibility index (Phi) is 4.39. The van der Waals surface area contributed by atoms with E-state index < -0.39 is 0 Å². The van der Waals surface area contributed by atoms with E-state index in [1.165, 1.54) is 12.1 Å². The minimum Gasteiger partial charge on any atom is -0.329 e. The van der Waals surface area contributed by atoms with E-state index in [0.717, 1.165) is 11.4 Å². The summed E-state index contributed by atoms with van der Waals surface area (Å²) in [5.74, 6) is 0.719. The quantitative estimate of drug-likeness (QED) is 0.700. The van der Waals surface area contributed by atoms with Crippen molar-refractivity contribution in [2.75, 3.05) is 17.3 Å². The third-order valence-corrected chi connectivity index (χ3v) is 3.46. The fourth-order valence-electron chi connectivity index (χ4n) is 2.08. The molecule has 2 aromatic carbocycles. The number of para-hydroxylation sites is 1. The van der Waals surface area contributed by atoms with Crippen LogP contribution in [-0.2, 0) is 0 Å². The second-order valence-corrected chi connectivity index (χ2v) is 5.29. The highest BCUT2D eigenvalue weighted by Gasteiger charge is 2.10. The molecule has 6 heteroatoms. The Morgan fingerprint density at radius 1 is 1.00 bits per heavy atom. The number of rotatable bonds is 4. The van der Waals surface area contributed by atoms with E-state index in [1.54, 1.807) is 18.2 Å². The van der Waals surface area contributed by atoms with Gasteiger partial charge in [-0.25, -0.2) is 9.37 Å². The SMILES string of the molecule is CN(c1ccc(F)cc1)c1cc(Cl)nc(Nc2ccccc2)n1. The Balaban J connectivity index is 1.89. The molecule has 0 atom stereocenters. The Labute approximate surface area is 138 Å². The van der Waals surface area contributed by atoms with Gasteiger partial charge in [-0.15, -0.1) is 0 Å². The van der Waals surface area contributed by atoms with Gasteiger partial charge in [0, 0.05) is 24.5 Å². The zero-order valence-electron chi connectivity index (χ0n) is 12.4. The van der Waals surface area contributed by atoms with Crippen molar-refractivity contribution in [3.63, 3.8) is 0 Å². The molecule has 0 aliphatic rings. The number of hydrogen-bond acceptors (Lipinski definition) is 4. The molecule has 0 aliphatic heterocycles. The van der Waals surface area contributed by atoms with Crippen LogP contribution in [0.1, 0.15) is 0 Å². The van der Waals surface area contributed by atoms with Crippen LogP contribution >= 0.6 is 11.6 Å². The Bertz CT molecular complexity index is 793. The smallest absolute Gasteiger partial charge is 0.230 e. The van der Waals surface area contributed by atoms with Crippen LogP contribution < -0.4 is 10.2 Å². The van der Waals surface area contributed by atoms with Gasteiger partial charge < -0.3 is 10.2 Å². The summed E-state index contributed by atoms with van der Waals surface area (Å²) in [6, 6.07) is 17.4. The van der Waals surface area contributed by atoms with Crippen molar-refractivity contribution < 1.29 is 4.39 Å². The zero-order valence-corrected chi connectivity index (χ0v) is 13.1. The summed E-state index contributed by atoms with van der Waals surface area (Å²) in [5.41, 5.74) is 1.66. The Hall–Kier alpha value is -2.66. The van der Waals surface area contributed by atoms with Gasteiger partial charge in [0.1, 0.15) is 16.8 Å². The number of anilines is 4. The second kappa shape index (κ2) is 6.62. The molecular formula is C17H14ClFN4. The Morgan fingerprint density at radius 2 is 1.70 bits per heavy atom. The van der Waals surface area contributed by atoms with E-state index in [0.29, 0.717) is 16.9 Å². The molecular weight excluding hydrogens is 315 g/mol. The van der Waals surface area contributed by atoms with Gasteiger partial charge >= 0.3 is 0 Å². The summed E-state index contributed by atoms with van der Waals surface area (Å²) in [7, 11) is 1.83. The van der Waals surface area contributed by atoms with Gasteiger partial charge in [-0.1, -0.05) is 29.8 Å². The van der Waals surface area contributed by atoms with Crippen molar-refractivity contribution in [3.05, 3.63) is 71.6 Å². The van der Waals surface area contributed by atoms with E-state index in [2.05, 4.69) is 15.3 Å². The zero-order chi connectivity index (χ0) is 16.2. The van der Waals surface area contributed by atoms with E-state index in [9.17, 15) is 4.39 Å². The normalized spacial score (nSPS) is 10.4. The molecule has 0 saturated carbocycles. The minimum absolute atomic E-state index is 0.283. The van der Waals surface area contributed by atoms with Gasteiger partial charge in [-0.05, 0) is 36.4 Å². The number of hydrogen-bond donors (Lipinski definition) is 1. The first-order valence-corrected chi connectivity index (χ1v) is 7.35. The molecule has 0 bridgehead atoms. The number of benzene rings is 2. The molecule has 3 aromatic rings. The first-order chi connectivity index (χ1) is 11.1. The lowest BCUT2D eigenvalue weighted by molar-refractivity contribution is 0.628. The largest absolute Gasteiger partial charge is 0.329 e. The molecule has 0 aliphatic carbocycles. The van der Waals surface area contributed by atoms with Crippen LogP contribution in [0.25, 0.3) is 0 Å². The van der Waals surface area contributed by atoms with E-state index in [4.69, 9.17) is 11.6 Å². The monoisotopic (exact) mass is 328 g/mol. The highest BCUT2D eigenvalue weighted by molar-refractivity contribution is 6.29. The average molecular weight is 329 g/mol. The van der Waals surface area contributed by atoms with E-state index in [1.807, 2.05) is 42.3 Å². The molecule has 0 unspecified atom stereocenters. The highest BCUT2D eigenvalue weighted by atomic mass is 35.5. The van der Waals surface area contributed by atoms with Crippen molar-refractivity contribution in [2.45, 2.75) is 0 Å². The van der Waals surface area contributed by atoms with Crippen molar-refractivity contribution >= 4 is 34.7 Å². The summed E-state index contributed by atoms with van der Waals surface area (Å²) in [6.07, 6.45) is 0. The molecule has 23 heavy (non-hydrogen) atoms. The minimum atomic E-state index is -0.283. The third-order valence-electron chi connectivity index (χ3n) is 3.27. The van der Waals surface area contributed by atoms with Crippen LogP contribution in [0.5, 0.6) is 0 Å². The summed E-state index contributed by atoms with van der Waals surface area (Å²) in [5, 5.41) is 3.43. The first kappa shape index (κ1) is 15.2. The van der Waals surface area contributed by atoms with E-state index in [-0.39, 0.29) is 5.82 Å². The molecule has 0 amide bonds. The molecule has 1 N–H and O–H groups in total. The third kappa shape index (κ3) is 3.76. The lowest BCUT2D eigenvalue weighted by Crippen LogP contribution is -2.12. The molecule has 0 radical (unpaired) electrons. The second-order valence-electron chi connectivity index (χ2n) is 4.90. The van der Waals surface area contributed by atoms with Crippen LogP contribution in [0, 0.1) is 5.82 Å². The van der Waals surface area contributed by atoms with Crippen LogP contribution in [-0.4, -0.2) is 17.0 Å². The fourth-order valence-corrected chi connectivity index (χ4v) is 2.26. The van der Waals surface area contributed by atoms with Gasteiger partial charge in [0.25, 0.3) is 0 Å². The van der Waals surface area contributed by atoms with Gasteiger partial charge in [-0.2, -0.15) is 4.98 Å². The highest BCUT2D eigenvalue weighted by Crippen LogP contribution is 2.25. The van der Waals surface area contributed by atoms with Crippen molar-refractivity contribution in [2.24, 2.45) is 0 Å². The standard InChI is InChI=1S/C17H14ClFN4/c1-23(14-9-7-12(19)8-10-14)16-11-15(18)21-17(22-16)20-13-5-3-2-4-6-13/h2-11H,1H3,(H,20,21,22). The fraction of sp³-hybridized carbons (Fsp3) is 0.0588. The lowest BCUT2D eigenvalue weighted by atomic mass is 10.3. The predicted octanol–water partition coefficient (Wildman–Crippen LogP) is 4.78. The maximum atomic E-state index is 13.0. The van der Waals surface area contributed by atoms with Gasteiger partial charge in [0.15, 0.2) is 0 Å². The van der Waals surface area contributed by atoms with Crippen LogP contribution in [0.4, 0.5) is 27.5 Å². The molecule has 0 fully saturated rings. The van der Waals surface area contributed by atoms with Crippen molar-refractivity contribution in [1.82, 2.24) is 9.97 Å². The first-order valence-electron chi connectivity index (χ1n) is 6.98. The summed E-state index contributed by atoms with van der Waals surface area (Å²) in [6.45, 7) is 0. The topological polar surface area (TPSA) is 41.1 Å². The summed E-state index contributed by atoms with van der Waals surface area (Å²) >= 11 is 6.10. The van der Waals surface area contributed by atoms with Gasteiger partial charge in [0.2, 0.25) is 5.95 Å². The number of aromatic nitrogens is 2. The Morgan fingerprint density at radius 3 is 2.39 bits per heavy atom. The lowest BCUT2D eigenvalue weighted by Gasteiger charge is -2.19. The van der Waals surface area contributed by atoms with Gasteiger partial charge in [0.05, 0.1) is 0 Å². The van der Waals surface area contributed by atoms with Gasteiger partial charge in [-0.3, -0.25) is 0 Å². The van der Waals surface area contributed by atoms with Crippen LogP contribution in [0.3, 0.4) is 0 Å². The number of nitrogens with one attached hydrogen (secondary N) is 1. The molecule has 1 aromatic heterocycles. The van der Waals surface area contributed by atoms with Crippen LogP contribution in [0.15, 0.2) is 60.7 Å². The maximum Gasteiger partial charge on any atom is 0.230 e. The predicted molar refractivity (Wildman–Crippen MR) is 91.2 cm³/mol. The average Bonchev–Trinajstić information content (AvgIpc) is 2.55. The number of halogens is 2. The number of nitrogens with zero attached hydrogens (tertiary/aromatic N) is 3. The van der Waals surface area contributed by atoms with E-state index >= 15 is 0 Å². The molecule has 4 nitrogen and oxygen atoms in total. The maximum absolute atomic E-state index is 13.0. The summed E-state index contributed by atoms with van der Waals surface area (Å²) in [4.78, 5) is 10.4. The molecule has 0 saturated heterocycles. The molecule has 116 valence electrons. The van der Waals surface area contributed by atoms with Crippen molar-refractivity contribution in [3.8, 4) is 0 Å². The van der Waals surface area contributed by atoms with Crippen LogP contribution in [0.2, 0.25) is 5.15 Å². The molecule has 0 spiro atoms. The molecule has 3 rings (SSSR count). The van der Waals surface area contributed by atoms with Crippen molar-refractivity contribution in [1.29, 1.82) is 0 Å². The molecule has 1 heterocycles.